The van der Waals surface area contributed by atoms with Gasteiger partial charge >= 0.3 is 0 Å². The Labute approximate surface area is 105 Å². The van der Waals surface area contributed by atoms with Crippen LogP contribution in [0.4, 0.5) is 0 Å². The van der Waals surface area contributed by atoms with Gasteiger partial charge in [0.2, 0.25) is 5.91 Å². The van der Waals surface area contributed by atoms with Crippen molar-refractivity contribution >= 4 is 5.91 Å². The van der Waals surface area contributed by atoms with Crippen LogP contribution in [0.5, 0.6) is 0 Å². The van der Waals surface area contributed by atoms with Gasteiger partial charge in [0, 0.05) is 26.6 Å². The molecule has 0 aromatic heterocycles. The lowest BCUT2D eigenvalue weighted by Gasteiger charge is -2.19. The van der Waals surface area contributed by atoms with Crippen LogP contribution in [-0.2, 0) is 4.79 Å². The molecule has 0 spiro atoms. The van der Waals surface area contributed by atoms with Crippen LogP contribution in [0.2, 0.25) is 0 Å². The second-order valence-corrected chi connectivity index (χ2v) is 5.23. The summed E-state index contributed by atoms with van der Waals surface area (Å²) in [6.07, 6.45) is 4.05. The Hall–Kier alpha value is -0.610. The van der Waals surface area contributed by atoms with Gasteiger partial charge in [0.1, 0.15) is 0 Å². The van der Waals surface area contributed by atoms with Gasteiger partial charge in [-0.15, -0.1) is 0 Å². The molecular formula is C13H27N3O. The van der Waals surface area contributed by atoms with E-state index in [-0.39, 0.29) is 5.91 Å². The van der Waals surface area contributed by atoms with E-state index < -0.39 is 0 Å². The van der Waals surface area contributed by atoms with Gasteiger partial charge in [-0.1, -0.05) is 0 Å². The fraction of sp³-hybridized carbons (Fsp3) is 0.923. The monoisotopic (exact) mass is 241 g/mol. The molecule has 4 nitrogen and oxygen atoms in total. The third-order valence-corrected chi connectivity index (χ3v) is 3.60. The van der Waals surface area contributed by atoms with Crippen LogP contribution in [0.1, 0.15) is 25.7 Å². The summed E-state index contributed by atoms with van der Waals surface area (Å²) in [6.45, 7) is 4.25. The molecule has 1 rings (SSSR count). The second-order valence-electron chi connectivity index (χ2n) is 5.23. The van der Waals surface area contributed by atoms with Gasteiger partial charge in [-0.05, 0) is 52.4 Å². The highest BCUT2D eigenvalue weighted by Gasteiger charge is 2.20. The van der Waals surface area contributed by atoms with E-state index in [1.54, 1.807) is 0 Å². The standard InChI is InChI=1S/C13H27N3O/c1-14-8-4-5-13(17)16(3)10-7-12-6-9-15(2)11-12/h12,14H,4-11H2,1-3H3. The molecule has 100 valence electrons. The van der Waals surface area contributed by atoms with Crippen molar-refractivity contribution in [3.05, 3.63) is 0 Å². The summed E-state index contributed by atoms with van der Waals surface area (Å²) in [6, 6.07) is 0. The largest absolute Gasteiger partial charge is 0.346 e. The molecule has 1 unspecified atom stereocenters. The number of hydrogen-bond donors (Lipinski definition) is 1. The highest BCUT2D eigenvalue weighted by molar-refractivity contribution is 5.75. The molecule has 1 aliphatic rings. The summed E-state index contributed by atoms with van der Waals surface area (Å²) in [5.41, 5.74) is 0. The molecular weight excluding hydrogens is 214 g/mol. The number of carbonyl (C=O) groups is 1. The highest BCUT2D eigenvalue weighted by Crippen LogP contribution is 2.18. The van der Waals surface area contributed by atoms with Crippen molar-refractivity contribution in [2.75, 3.05) is 47.3 Å². The van der Waals surface area contributed by atoms with Gasteiger partial charge in [-0.3, -0.25) is 4.79 Å². The molecule has 0 radical (unpaired) electrons. The molecule has 1 heterocycles. The van der Waals surface area contributed by atoms with E-state index in [1.165, 1.54) is 19.5 Å². The molecule has 1 aliphatic heterocycles. The summed E-state index contributed by atoms with van der Waals surface area (Å²) in [4.78, 5) is 16.0. The van der Waals surface area contributed by atoms with Crippen LogP contribution < -0.4 is 5.32 Å². The normalized spacial score (nSPS) is 20.8. The first-order chi connectivity index (χ1) is 8.13. The summed E-state index contributed by atoms with van der Waals surface area (Å²) in [5.74, 6) is 1.07. The van der Waals surface area contributed by atoms with E-state index in [0.717, 1.165) is 31.8 Å². The van der Waals surface area contributed by atoms with Crippen LogP contribution in [0.25, 0.3) is 0 Å². The summed E-state index contributed by atoms with van der Waals surface area (Å²) < 4.78 is 0. The van der Waals surface area contributed by atoms with Crippen LogP contribution in [0.3, 0.4) is 0 Å². The topological polar surface area (TPSA) is 35.6 Å². The SMILES string of the molecule is CNCCCC(=O)N(C)CCC1CCN(C)C1. The van der Waals surface area contributed by atoms with Crippen molar-refractivity contribution < 1.29 is 4.79 Å². The number of likely N-dealkylation sites (tertiary alicyclic amines) is 1. The minimum absolute atomic E-state index is 0.284. The number of nitrogens with one attached hydrogen (secondary N) is 1. The first-order valence-corrected chi connectivity index (χ1v) is 6.70. The minimum atomic E-state index is 0.284. The molecule has 1 fully saturated rings. The van der Waals surface area contributed by atoms with E-state index >= 15 is 0 Å². The van der Waals surface area contributed by atoms with Crippen molar-refractivity contribution in [1.82, 2.24) is 15.1 Å². The predicted molar refractivity (Wildman–Crippen MR) is 71.0 cm³/mol. The van der Waals surface area contributed by atoms with Crippen LogP contribution >= 0.6 is 0 Å². The van der Waals surface area contributed by atoms with Crippen molar-refractivity contribution in [2.24, 2.45) is 5.92 Å². The molecule has 1 saturated heterocycles. The molecule has 17 heavy (non-hydrogen) atoms. The fourth-order valence-corrected chi connectivity index (χ4v) is 2.37. The Morgan fingerprint density at radius 3 is 2.88 bits per heavy atom. The van der Waals surface area contributed by atoms with Gasteiger partial charge < -0.3 is 15.1 Å². The molecule has 4 heteroatoms. The average molecular weight is 241 g/mol. The van der Waals surface area contributed by atoms with E-state index in [9.17, 15) is 4.79 Å². The van der Waals surface area contributed by atoms with E-state index in [1.807, 2.05) is 19.0 Å². The zero-order valence-electron chi connectivity index (χ0n) is 11.5. The third-order valence-electron chi connectivity index (χ3n) is 3.60. The maximum Gasteiger partial charge on any atom is 0.222 e. The Morgan fingerprint density at radius 2 is 2.29 bits per heavy atom. The number of hydrogen-bond acceptors (Lipinski definition) is 3. The zero-order chi connectivity index (χ0) is 12.7. The average Bonchev–Trinajstić information content (AvgIpc) is 2.72. The Kier molecular flexibility index (Phi) is 6.52. The van der Waals surface area contributed by atoms with Crippen LogP contribution in [-0.4, -0.2) is 63.0 Å². The van der Waals surface area contributed by atoms with Crippen molar-refractivity contribution in [2.45, 2.75) is 25.7 Å². The van der Waals surface area contributed by atoms with Gasteiger partial charge in [-0.25, -0.2) is 0 Å². The van der Waals surface area contributed by atoms with Gasteiger partial charge in [0.15, 0.2) is 0 Å². The van der Waals surface area contributed by atoms with Crippen molar-refractivity contribution in [1.29, 1.82) is 0 Å². The molecule has 0 bridgehead atoms. The highest BCUT2D eigenvalue weighted by atomic mass is 16.2. The Morgan fingerprint density at radius 1 is 1.53 bits per heavy atom. The van der Waals surface area contributed by atoms with E-state index in [0.29, 0.717) is 6.42 Å². The van der Waals surface area contributed by atoms with Gasteiger partial charge in [0.05, 0.1) is 0 Å². The van der Waals surface area contributed by atoms with Gasteiger partial charge in [-0.2, -0.15) is 0 Å². The molecule has 1 amide bonds. The Balaban J connectivity index is 2.11. The predicted octanol–water partition coefficient (Wildman–Crippen LogP) is 0.786. The maximum atomic E-state index is 11.8. The first kappa shape index (κ1) is 14.5. The summed E-state index contributed by atoms with van der Waals surface area (Å²) >= 11 is 0. The fourth-order valence-electron chi connectivity index (χ4n) is 2.37. The smallest absolute Gasteiger partial charge is 0.222 e. The first-order valence-electron chi connectivity index (χ1n) is 6.70. The summed E-state index contributed by atoms with van der Waals surface area (Å²) in [5, 5.41) is 3.07. The number of amides is 1. The molecule has 0 aromatic rings. The maximum absolute atomic E-state index is 11.8. The molecule has 1 N–H and O–H groups in total. The molecule has 0 saturated carbocycles. The number of rotatable bonds is 7. The van der Waals surface area contributed by atoms with Gasteiger partial charge in [0.25, 0.3) is 0 Å². The summed E-state index contributed by atoms with van der Waals surface area (Å²) in [7, 11) is 6.03. The Bertz CT molecular complexity index is 233. The lowest BCUT2D eigenvalue weighted by atomic mass is 10.0. The quantitative estimate of drug-likeness (QED) is 0.669. The minimum Gasteiger partial charge on any atom is -0.346 e. The van der Waals surface area contributed by atoms with Crippen molar-refractivity contribution in [3.8, 4) is 0 Å². The molecule has 0 aromatic carbocycles. The second kappa shape index (κ2) is 7.67. The molecule has 0 aliphatic carbocycles. The van der Waals surface area contributed by atoms with Crippen LogP contribution in [0.15, 0.2) is 0 Å². The lowest BCUT2D eigenvalue weighted by Crippen LogP contribution is -2.29. The molecule has 1 atom stereocenters. The van der Waals surface area contributed by atoms with Crippen LogP contribution in [0, 0.1) is 5.92 Å². The van der Waals surface area contributed by atoms with E-state index in [2.05, 4.69) is 17.3 Å². The number of nitrogens with zero attached hydrogens (tertiary/aromatic N) is 2. The zero-order valence-corrected chi connectivity index (χ0v) is 11.5. The third kappa shape index (κ3) is 5.50. The van der Waals surface area contributed by atoms with E-state index in [4.69, 9.17) is 0 Å². The lowest BCUT2D eigenvalue weighted by molar-refractivity contribution is -0.130. The number of carbonyl (C=O) groups excluding carboxylic acids is 1. The van der Waals surface area contributed by atoms with Crippen molar-refractivity contribution in [3.63, 3.8) is 0 Å².